The normalized spacial score (nSPS) is 10.6. The molecule has 0 unspecified atom stereocenters. The van der Waals surface area contributed by atoms with Gasteiger partial charge < -0.3 is 14.5 Å². The van der Waals surface area contributed by atoms with Gasteiger partial charge in [0.05, 0.1) is 10.9 Å². The summed E-state index contributed by atoms with van der Waals surface area (Å²) >= 11 is 0. The van der Waals surface area contributed by atoms with E-state index in [2.05, 4.69) is 10.3 Å². The number of rotatable bonds is 4. The summed E-state index contributed by atoms with van der Waals surface area (Å²) in [5, 5.41) is 3.46. The molecule has 0 fully saturated rings. The standard InChI is InChI=1S/C20H14N2O3/c23-19-17-11-4-5-12-18(17)22-20(25-19)21-14-7-6-10-16(13-14)24-15-8-2-1-3-9-15/h1-13H,(H,21,22). The van der Waals surface area contributed by atoms with E-state index >= 15 is 0 Å². The monoisotopic (exact) mass is 330 g/mol. The molecule has 0 amide bonds. The largest absolute Gasteiger partial charge is 0.457 e. The molecule has 0 aliphatic carbocycles. The van der Waals surface area contributed by atoms with Crippen LogP contribution >= 0.6 is 0 Å². The molecular weight excluding hydrogens is 316 g/mol. The van der Waals surface area contributed by atoms with Crippen molar-refractivity contribution in [1.29, 1.82) is 0 Å². The maximum atomic E-state index is 12.0. The first kappa shape index (κ1) is 15.0. The highest BCUT2D eigenvalue weighted by Gasteiger charge is 2.06. The molecule has 122 valence electrons. The average Bonchev–Trinajstić information content (AvgIpc) is 2.63. The van der Waals surface area contributed by atoms with Crippen molar-refractivity contribution in [2.75, 3.05) is 5.32 Å². The van der Waals surface area contributed by atoms with Crippen molar-refractivity contribution in [3.63, 3.8) is 0 Å². The summed E-state index contributed by atoms with van der Waals surface area (Å²) in [6, 6.07) is 24.0. The van der Waals surface area contributed by atoms with E-state index < -0.39 is 5.63 Å². The first-order valence-corrected chi connectivity index (χ1v) is 7.78. The lowest BCUT2D eigenvalue weighted by Crippen LogP contribution is -2.04. The minimum absolute atomic E-state index is 0.139. The Morgan fingerprint density at radius 3 is 2.48 bits per heavy atom. The fourth-order valence-corrected chi connectivity index (χ4v) is 2.46. The second kappa shape index (κ2) is 6.49. The summed E-state index contributed by atoms with van der Waals surface area (Å²) in [6.07, 6.45) is 0. The Bertz CT molecular complexity index is 1070. The van der Waals surface area contributed by atoms with Crippen LogP contribution in [-0.4, -0.2) is 4.98 Å². The number of hydrogen-bond acceptors (Lipinski definition) is 5. The second-order valence-corrected chi connectivity index (χ2v) is 5.39. The molecule has 5 nitrogen and oxygen atoms in total. The zero-order valence-corrected chi connectivity index (χ0v) is 13.2. The molecule has 25 heavy (non-hydrogen) atoms. The topological polar surface area (TPSA) is 64.4 Å². The van der Waals surface area contributed by atoms with Gasteiger partial charge in [-0.25, -0.2) is 4.79 Å². The number of anilines is 2. The molecule has 4 aromatic rings. The molecule has 1 heterocycles. The molecule has 3 aromatic carbocycles. The molecule has 0 radical (unpaired) electrons. The third-order valence-electron chi connectivity index (χ3n) is 3.60. The Labute approximate surface area is 143 Å². The summed E-state index contributed by atoms with van der Waals surface area (Å²) in [6.45, 7) is 0. The van der Waals surface area contributed by atoms with E-state index in [1.54, 1.807) is 18.2 Å². The van der Waals surface area contributed by atoms with Gasteiger partial charge in [-0.15, -0.1) is 0 Å². The molecule has 0 aliphatic heterocycles. The van der Waals surface area contributed by atoms with Crippen molar-refractivity contribution in [1.82, 2.24) is 4.98 Å². The fraction of sp³-hybridized carbons (Fsp3) is 0. The van der Waals surface area contributed by atoms with E-state index in [9.17, 15) is 4.79 Å². The number of ether oxygens (including phenoxy) is 1. The maximum Gasteiger partial charge on any atom is 0.348 e. The molecule has 1 aromatic heterocycles. The Morgan fingerprint density at radius 1 is 0.840 bits per heavy atom. The average molecular weight is 330 g/mol. The van der Waals surface area contributed by atoms with Crippen molar-refractivity contribution >= 4 is 22.6 Å². The van der Waals surface area contributed by atoms with Gasteiger partial charge in [0.15, 0.2) is 0 Å². The van der Waals surface area contributed by atoms with Crippen LogP contribution in [0.25, 0.3) is 10.9 Å². The van der Waals surface area contributed by atoms with Gasteiger partial charge in [-0.05, 0) is 36.4 Å². The predicted molar refractivity (Wildman–Crippen MR) is 96.5 cm³/mol. The third-order valence-corrected chi connectivity index (χ3v) is 3.60. The quantitative estimate of drug-likeness (QED) is 0.586. The Morgan fingerprint density at radius 2 is 1.60 bits per heavy atom. The highest BCUT2D eigenvalue weighted by molar-refractivity contribution is 5.78. The van der Waals surface area contributed by atoms with E-state index in [4.69, 9.17) is 9.15 Å². The number of fused-ring (bicyclic) bond motifs is 1. The van der Waals surface area contributed by atoms with Crippen molar-refractivity contribution < 1.29 is 9.15 Å². The maximum absolute atomic E-state index is 12.0. The van der Waals surface area contributed by atoms with E-state index in [0.29, 0.717) is 22.3 Å². The molecule has 4 rings (SSSR count). The minimum Gasteiger partial charge on any atom is -0.457 e. The number of hydrogen-bond donors (Lipinski definition) is 1. The van der Waals surface area contributed by atoms with Crippen molar-refractivity contribution in [2.24, 2.45) is 0 Å². The smallest absolute Gasteiger partial charge is 0.348 e. The number of nitrogens with zero attached hydrogens (tertiary/aromatic N) is 1. The highest BCUT2D eigenvalue weighted by atomic mass is 16.5. The van der Waals surface area contributed by atoms with Gasteiger partial charge in [0.1, 0.15) is 11.5 Å². The lowest BCUT2D eigenvalue weighted by molar-refractivity contribution is 0.483. The predicted octanol–water partition coefficient (Wildman–Crippen LogP) is 4.72. The van der Waals surface area contributed by atoms with Crippen LogP contribution in [0, 0.1) is 0 Å². The van der Waals surface area contributed by atoms with Crippen LogP contribution in [0.4, 0.5) is 11.7 Å². The summed E-state index contributed by atoms with van der Waals surface area (Å²) < 4.78 is 11.0. The van der Waals surface area contributed by atoms with Gasteiger partial charge in [0.2, 0.25) is 0 Å². The molecule has 0 saturated carbocycles. The Kier molecular flexibility index (Phi) is 3.88. The molecular formula is C20H14N2O3. The SMILES string of the molecule is O=c1oc(Nc2cccc(Oc3ccccc3)c2)nc2ccccc12. The van der Waals surface area contributed by atoms with Gasteiger partial charge in [0.25, 0.3) is 0 Å². The fourth-order valence-electron chi connectivity index (χ4n) is 2.46. The molecule has 0 spiro atoms. The van der Waals surface area contributed by atoms with E-state index in [1.807, 2.05) is 60.7 Å². The molecule has 0 saturated heterocycles. The van der Waals surface area contributed by atoms with Crippen LogP contribution in [0.5, 0.6) is 11.5 Å². The zero-order chi connectivity index (χ0) is 17.1. The molecule has 0 bridgehead atoms. The number of aromatic nitrogens is 1. The van der Waals surface area contributed by atoms with Crippen molar-refractivity contribution in [3.8, 4) is 11.5 Å². The Hall–Kier alpha value is -3.60. The van der Waals surface area contributed by atoms with Gasteiger partial charge in [-0.2, -0.15) is 4.98 Å². The summed E-state index contributed by atoms with van der Waals surface area (Å²) in [5.41, 5.74) is 0.863. The first-order chi connectivity index (χ1) is 12.3. The molecule has 0 aliphatic rings. The van der Waals surface area contributed by atoms with Crippen LogP contribution in [0.1, 0.15) is 0 Å². The van der Waals surface area contributed by atoms with Crippen LogP contribution in [-0.2, 0) is 0 Å². The molecule has 5 heteroatoms. The van der Waals surface area contributed by atoms with Crippen LogP contribution < -0.4 is 15.7 Å². The third kappa shape index (κ3) is 3.35. The van der Waals surface area contributed by atoms with Crippen molar-refractivity contribution in [2.45, 2.75) is 0 Å². The van der Waals surface area contributed by atoms with E-state index in [1.165, 1.54) is 0 Å². The summed E-state index contributed by atoms with van der Waals surface area (Å²) in [7, 11) is 0. The van der Waals surface area contributed by atoms with Crippen LogP contribution in [0.3, 0.4) is 0 Å². The number of nitrogens with one attached hydrogen (secondary N) is 1. The summed E-state index contributed by atoms with van der Waals surface area (Å²) in [4.78, 5) is 16.4. The van der Waals surface area contributed by atoms with E-state index in [0.717, 1.165) is 5.75 Å². The molecule has 0 atom stereocenters. The number of benzene rings is 3. The van der Waals surface area contributed by atoms with Gasteiger partial charge in [0, 0.05) is 11.8 Å². The van der Waals surface area contributed by atoms with Gasteiger partial charge in [-0.1, -0.05) is 36.4 Å². The summed E-state index contributed by atoms with van der Waals surface area (Å²) in [5.74, 6) is 1.41. The minimum atomic E-state index is -0.426. The number of para-hydroxylation sites is 2. The molecule has 1 N–H and O–H groups in total. The van der Waals surface area contributed by atoms with Crippen LogP contribution in [0.2, 0.25) is 0 Å². The van der Waals surface area contributed by atoms with Gasteiger partial charge in [-0.3, -0.25) is 0 Å². The van der Waals surface area contributed by atoms with Gasteiger partial charge >= 0.3 is 11.6 Å². The Balaban J connectivity index is 1.61. The first-order valence-electron chi connectivity index (χ1n) is 7.78. The van der Waals surface area contributed by atoms with E-state index in [-0.39, 0.29) is 6.01 Å². The zero-order valence-electron chi connectivity index (χ0n) is 13.2. The lowest BCUT2D eigenvalue weighted by atomic mass is 10.2. The lowest BCUT2D eigenvalue weighted by Gasteiger charge is -2.08. The second-order valence-electron chi connectivity index (χ2n) is 5.39. The van der Waals surface area contributed by atoms with Crippen molar-refractivity contribution in [3.05, 3.63) is 89.3 Å². The highest BCUT2D eigenvalue weighted by Crippen LogP contribution is 2.25. The van der Waals surface area contributed by atoms with Crippen LogP contribution in [0.15, 0.2) is 88.1 Å².